The zero-order chi connectivity index (χ0) is 15.4. The zero-order valence-electron chi connectivity index (χ0n) is 12.4. The van der Waals surface area contributed by atoms with E-state index in [1.165, 1.54) is 5.56 Å². The minimum absolute atomic E-state index is 0.0961. The molecule has 1 aromatic rings. The topological polar surface area (TPSA) is 78.4 Å². The highest BCUT2D eigenvalue weighted by Crippen LogP contribution is 2.40. The van der Waals surface area contributed by atoms with Crippen LogP contribution in [0.1, 0.15) is 38.2 Å². The van der Waals surface area contributed by atoms with E-state index in [9.17, 15) is 9.59 Å². The first-order valence-electron chi connectivity index (χ1n) is 7.37. The van der Waals surface area contributed by atoms with E-state index in [2.05, 4.69) is 10.6 Å². The Morgan fingerprint density at radius 3 is 2.57 bits per heavy atom. The second-order valence-corrected chi connectivity index (χ2v) is 5.68. The molecule has 1 aliphatic carbocycles. The van der Waals surface area contributed by atoms with Crippen LogP contribution in [0.5, 0.6) is 0 Å². The van der Waals surface area contributed by atoms with Crippen molar-refractivity contribution in [2.24, 2.45) is 5.92 Å². The number of nitrogens with one attached hydrogen (secondary N) is 2. The molecule has 0 saturated heterocycles. The Balaban J connectivity index is 1.84. The summed E-state index contributed by atoms with van der Waals surface area (Å²) in [7, 11) is 0. The third kappa shape index (κ3) is 3.97. The largest absolute Gasteiger partial charge is 0.480 e. The smallest absolute Gasteiger partial charge is 0.326 e. The number of carboxylic acids is 1. The molecule has 2 amide bonds. The highest BCUT2D eigenvalue weighted by molar-refractivity contribution is 5.83. The standard InChI is InChI=1S/C16H22N2O3/c1-3-10(2)14(15(19)20)18-16(21)17-13-9-12(13)11-7-5-4-6-8-11/h4-8,10,12-14H,3,9H2,1-2H3,(H,19,20)(H2,17,18,21). The average molecular weight is 290 g/mol. The third-order valence-corrected chi connectivity index (χ3v) is 4.10. The van der Waals surface area contributed by atoms with Gasteiger partial charge in [0, 0.05) is 12.0 Å². The first kappa shape index (κ1) is 15.4. The summed E-state index contributed by atoms with van der Waals surface area (Å²) in [4.78, 5) is 23.1. The van der Waals surface area contributed by atoms with Gasteiger partial charge in [0.1, 0.15) is 6.04 Å². The van der Waals surface area contributed by atoms with Gasteiger partial charge in [0.05, 0.1) is 0 Å². The number of hydrogen-bond acceptors (Lipinski definition) is 2. The van der Waals surface area contributed by atoms with Gasteiger partial charge in [-0.15, -0.1) is 0 Å². The van der Waals surface area contributed by atoms with Gasteiger partial charge in [-0.25, -0.2) is 9.59 Å². The second-order valence-electron chi connectivity index (χ2n) is 5.68. The molecule has 5 nitrogen and oxygen atoms in total. The van der Waals surface area contributed by atoms with Gasteiger partial charge in [0.2, 0.25) is 0 Å². The van der Waals surface area contributed by atoms with Crippen molar-refractivity contribution < 1.29 is 14.7 Å². The number of aliphatic carboxylic acids is 1. The lowest BCUT2D eigenvalue weighted by atomic mass is 9.99. The lowest BCUT2D eigenvalue weighted by molar-refractivity contribution is -0.140. The molecule has 0 radical (unpaired) electrons. The maximum Gasteiger partial charge on any atom is 0.326 e. The predicted octanol–water partition coefficient (Wildman–Crippen LogP) is 2.34. The summed E-state index contributed by atoms with van der Waals surface area (Å²) in [6.45, 7) is 3.73. The molecular formula is C16H22N2O3. The van der Waals surface area contributed by atoms with Gasteiger partial charge >= 0.3 is 12.0 Å². The molecule has 0 aromatic heterocycles. The Labute approximate surface area is 124 Å². The van der Waals surface area contributed by atoms with E-state index in [1.54, 1.807) is 0 Å². The van der Waals surface area contributed by atoms with Gasteiger partial charge in [0.15, 0.2) is 0 Å². The molecule has 3 N–H and O–H groups in total. The summed E-state index contributed by atoms with van der Waals surface area (Å²) >= 11 is 0. The quantitative estimate of drug-likeness (QED) is 0.752. The van der Waals surface area contributed by atoms with E-state index >= 15 is 0 Å². The van der Waals surface area contributed by atoms with Gasteiger partial charge in [-0.05, 0) is 17.9 Å². The van der Waals surface area contributed by atoms with E-state index in [0.717, 1.165) is 6.42 Å². The van der Waals surface area contributed by atoms with Crippen LogP contribution in [0.4, 0.5) is 4.79 Å². The van der Waals surface area contributed by atoms with Crippen molar-refractivity contribution in [3.8, 4) is 0 Å². The number of carbonyl (C=O) groups is 2. The molecule has 114 valence electrons. The summed E-state index contributed by atoms with van der Waals surface area (Å²) in [5.41, 5.74) is 1.21. The molecule has 0 bridgehead atoms. The number of benzene rings is 1. The highest BCUT2D eigenvalue weighted by Gasteiger charge is 2.40. The minimum Gasteiger partial charge on any atom is -0.480 e. The molecule has 4 atom stereocenters. The Bertz CT molecular complexity index is 504. The molecule has 1 aliphatic rings. The van der Waals surface area contributed by atoms with Crippen molar-refractivity contribution in [1.82, 2.24) is 10.6 Å². The maximum absolute atomic E-state index is 11.9. The number of amides is 2. The molecule has 1 saturated carbocycles. The lowest BCUT2D eigenvalue weighted by Crippen LogP contribution is -2.49. The van der Waals surface area contributed by atoms with Crippen LogP contribution >= 0.6 is 0 Å². The van der Waals surface area contributed by atoms with Crippen LogP contribution in [0.2, 0.25) is 0 Å². The van der Waals surface area contributed by atoms with E-state index in [4.69, 9.17) is 5.11 Å². The van der Waals surface area contributed by atoms with Crippen LogP contribution in [0.3, 0.4) is 0 Å². The molecule has 5 heteroatoms. The van der Waals surface area contributed by atoms with E-state index in [-0.39, 0.29) is 12.0 Å². The van der Waals surface area contributed by atoms with Crippen LogP contribution in [0.25, 0.3) is 0 Å². The van der Waals surface area contributed by atoms with Gasteiger partial charge in [-0.3, -0.25) is 0 Å². The number of urea groups is 1. The highest BCUT2D eigenvalue weighted by atomic mass is 16.4. The van der Waals surface area contributed by atoms with Crippen LogP contribution in [-0.2, 0) is 4.79 Å². The van der Waals surface area contributed by atoms with Crippen LogP contribution < -0.4 is 10.6 Å². The number of carboxylic acid groups (broad SMARTS) is 1. The summed E-state index contributed by atoms with van der Waals surface area (Å²) < 4.78 is 0. The Hall–Kier alpha value is -2.04. The Morgan fingerprint density at radius 1 is 1.33 bits per heavy atom. The molecular weight excluding hydrogens is 268 g/mol. The van der Waals surface area contributed by atoms with Crippen molar-refractivity contribution in [1.29, 1.82) is 0 Å². The number of carbonyl (C=O) groups excluding carboxylic acids is 1. The fourth-order valence-corrected chi connectivity index (χ4v) is 2.46. The second kappa shape index (κ2) is 6.61. The molecule has 0 aliphatic heterocycles. The molecule has 21 heavy (non-hydrogen) atoms. The van der Waals surface area contributed by atoms with Gasteiger partial charge in [-0.2, -0.15) is 0 Å². The first-order valence-corrected chi connectivity index (χ1v) is 7.37. The fraction of sp³-hybridized carbons (Fsp3) is 0.500. The third-order valence-electron chi connectivity index (χ3n) is 4.10. The summed E-state index contributed by atoms with van der Waals surface area (Å²) in [6.07, 6.45) is 1.60. The molecule has 0 heterocycles. The fourth-order valence-electron chi connectivity index (χ4n) is 2.46. The summed E-state index contributed by atoms with van der Waals surface area (Å²) in [5, 5.41) is 14.6. The molecule has 4 unspecified atom stereocenters. The van der Waals surface area contributed by atoms with Crippen molar-refractivity contribution in [3.05, 3.63) is 35.9 Å². The zero-order valence-corrected chi connectivity index (χ0v) is 12.4. The molecule has 0 spiro atoms. The van der Waals surface area contributed by atoms with E-state index < -0.39 is 18.0 Å². The van der Waals surface area contributed by atoms with Crippen molar-refractivity contribution in [2.45, 2.75) is 44.7 Å². The van der Waals surface area contributed by atoms with Crippen LogP contribution in [-0.4, -0.2) is 29.2 Å². The summed E-state index contributed by atoms with van der Waals surface area (Å²) in [5.74, 6) is -0.754. The van der Waals surface area contributed by atoms with Crippen molar-refractivity contribution in [3.63, 3.8) is 0 Å². The van der Waals surface area contributed by atoms with Crippen molar-refractivity contribution in [2.75, 3.05) is 0 Å². The molecule has 1 fully saturated rings. The summed E-state index contributed by atoms with van der Waals surface area (Å²) in [6, 6.07) is 8.87. The average Bonchev–Trinajstić information content (AvgIpc) is 3.23. The number of hydrogen-bond donors (Lipinski definition) is 3. The lowest BCUT2D eigenvalue weighted by Gasteiger charge is -2.20. The molecule has 2 rings (SSSR count). The van der Waals surface area contributed by atoms with Gasteiger partial charge in [-0.1, -0.05) is 50.6 Å². The minimum atomic E-state index is -0.991. The predicted molar refractivity (Wildman–Crippen MR) is 80.1 cm³/mol. The molecule has 1 aromatic carbocycles. The SMILES string of the molecule is CCC(C)C(NC(=O)NC1CC1c1ccccc1)C(=O)O. The van der Waals surface area contributed by atoms with Crippen molar-refractivity contribution >= 4 is 12.0 Å². The van der Waals surface area contributed by atoms with E-state index in [0.29, 0.717) is 12.3 Å². The van der Waals surface area contributed by atoms with Gasteiger partial charge in [0.25, 0.3) is 0 Å². The Kier molecular flexibility index (Phi) is 4.83. The first-order chi connectivity index (χ1) is 10.0. The Morgan fingerprint density at radius 2 is 2.00 bits per heavy atom. The van der Waals surface area contributed by atoms with Gasteiger partial charge < -0.3 is 15.7 Å². The van der Waals surface area contributed by atoms with Crippen LogP contribution in [0, 0.1) is 5.92 Å². The number of rotatable bonds is 6. The van der Waals surface area contributed by atoms with E-state index in [1.807, 2.05) is 44.2 Å². The normalized spacial score (nSPS) is 23.0. The maximum atomic E-state index is 11.9. The monoisotopic (exact) mass is 290 g/mol. The van der Waals surface area contributed by atoms with Crippen LogP contribution in [0.15, 0.2) is 30.3 Å².